The summed E-state index contributed by atoms with van der Waals surface area (Å²) >= 11 is 13.8. The molecule has 6 heteroatoms. The van der Waals surface area contributed by atoms with E-state index in [2.05, 4.69) is 9.97 Å². The molecule has 0 atom stereocenters. The number of benzene rings is 1. The zero-order chi connectivity index (χ0) is 12.4. The maximum absolute atomic E-state index is 13.5. The summed E-state index contributed by atoms with van der Waals surface area (Å²) in [6.07, 6.45) is 1.82. The molecule has 0 unspecified atom stereocenters. The van der Waals surface area contributed by atoms with Crippen LogP contribution in [0.1, 0.15) is 11.4 Å². The number of aromatic nitrogens is 2. The van der Waals surface area contributed by atoms with Crippen LogP contribution in [0.5, 0.6) is 0 Å². The second kappa shape index (κ2) is 5.46. The van der Waals surface area contributed by atoms with E-state index in [0.29, 0.717) is 21.6 Å². The summed E-state index contributed by atoms with van der Waals surface area (Å²) in [5.74, 6) is 0.0817. The Labute approximate surface area is 121 Å². The zero-order valence-electron chi connectivity index (χ0n) is 8.42. The van der Waals surface area contributed by atoms with Crippen LogP contribution in [0, 0.1) is 9.39 Å². The van der Waals surface area contributed by atoms with Gasteiger partial charge in [0.15, 0.2) is 0 Å². The minimum Gasteiger partial charge on any atom is -0.240 e. The lowest BCUT2D eigenvalue weighted by atomic mass is 10.1. The Hall–Kier alpha value is -0.460. The van der Waals surface area contributed by atoms with Gasteiger partial charge in [-0.25, -0.2) is 14.4 Å². The summed E-state index contributed by atoms with van der Waals surface area (Å²) in [7, 11) is 0. The molecule has 2 rings (SSSR count). The minimum atomic E-state index is -0.365. The molecule has 1 aromatic heterocycles. The van der Waals surface area contributed by atoms with E-state index in [-0.39, 0.29) is 12.2 Å². The third-order valence-electron chi connectivity index (χ3n) is 2.15. The molecular formula is C11H6Cl2FIN2. The molecule has 0 saturated heterocycles. The van der Waals surface area contributed by atoms with E-state index < -0.39 is 0 Å². The molecule has 0 aliphatic heterocycles. The fourth-order valence-corrected chi connectivity index (χ4v) is 1.96. The van der Waals surface area contributed by atoms with Gasteiger partial charge in [0.25, 0.3) is 0 Å². The molecule has 17 heavy (non-hydrogen) atoms. The van der Waals surface area contributed by atoms with Gasteiger partial charge in [-0.2, -0.15) is 0 Å². The van der Waals surface area contributed by atoms with E-state index in [1.807, 2.05) is 22.6 Å². The second-order valence-corrected chi connectivity index (χ2v) is 5.23. The van der Waals surface area contributed by atoms with Gasteiger partial charge in [-0.05, 0) is 34.7 Å². The van der Waals surface area contributed by atoms with Crippen molar-refractivity contribution >= 4 is 45.8 Å². The average molecular weight is 383 g/mol. The molecule has 0 radical (unpaired) electrons. The first-order valence-electron chi connectivity index (χ1n) is 4.67. The predicted octanol–water partition coefficient (Wildman–Crippen LogP) is 4.12. The van der Waals surface area contributed by atoms with Crippen molar-refractivity contribution in [2.24, 2.45) is 0 Å². The minimum absolute atomic E-state index is 0.224. The Morgan fingerprint density at radius 1 is 1.29 bits per heavy atom. The first-order valence-corrected chi connectivity index (χ1v) is 6.51. The van der Waals surface area contributed by atoms with Gasteiger partial charge in [-0.1, -0.05) is 29.3 Å². The van der Waals surface area contributed by atoms with Gasteiger partial charge in [0.2, 0.25) is 0 Å². The van der Waals surface area contributed by atoms with Gasteiger partial charge in [-0.15, -0.1) is 0 Å². The Morgan fingerprint density at radius 2 is 2.06 bits per heavy atom. The largest absolute Gasteiger partial charge is 0.240 e. The summed E-state index contributed by atoms with van der Waals surface area (Å²) in [4.78, 5) is 8.16. The summed E-state index contributed by atoms with van der Waals surface area (Å²) in [5, 5.41) is 0.728. The highest BCUT2D eigenvalue weighted by atomic mass is 127. The molecule has 0 fully saturated rings. The smallest absolute Gasteiger partial charge is 0.146 e. The lowest BCUT2D eigenvalue weighted by molar-refractivity contribution is 0.612. The lowest BCUT2D eigenvalue weighted by Crippen LogP contribution is -2.00. The summed E-state index contributed by atoms with van der Waals surface area (Å²) in [5.41, 5.74) is 0.381. The highest BCUT2D eigenvalue weighted by Gasteiger charge is 2.10. The van der Waals surface area contributed by atoms with E-state index in [1.54, 1.807) is 18.3 Å². The molecule has 1 heterocycles. The Kier molecular flexibility index (Phi) is 4.17. The fraction of sp³-hybridized carbons (Fsp3) is 0.0909. The van der Waals surface area contributed by atoms with Crippen molar-refractivity contribution in [1.82, 2.24) is 9.97 Å². The van der Waals surface area contributed by atoms with Crippen molar-refractivity contribution < 1.29 is 4.39 Å². The van der Waals surface area contributed by atoms with Gasteiger partial charge in [0.1, 0.15) is 16.8 Å². The number of rotatable bonds is 2. The quantitative estimate of drug-likeness (QED) is 0.576. The summed E-state index contributed by atoms with van der Waals surface area (Å²) in [6, 6.07) is 4.55. The average Bonchev–Trinajstić information content (AvgIpc) is 2.28. The molecule has 0 saturated carbocycles. The zero-order valence-corrected chi connectivity index (χ0v) is 12.1. The van der Waals surface area contributed by atoms with Crippen molar-refractivity contribution in [3.63, 3.8) is 0 Å². The Morgan fingerprint density at radius 3 is 2.71 bits per heavy atom. The molecule has 2 aromatic rings. The van der Waals surface area contributed by atoms with Gasteiger partial charge in [-0.3, -0.25) is 0 Å². The van der Waals surface area contributed by atoms with Gasteiger partial charge in [0, 0.05) is 23.2 Å². The van der Waals surface area contributed by atoms with E-state index in [1.165, 1.54) is 6.07 Å². The third-order valence-corrected chi connectivity index (χ3v) is 3.90. The van der Waals surface area contributed by atoms with Gasteiger partial charge >= 0.3 is 0 Å². The van der Waals surface area contributed by atoms with Crippen LogP contribution in [0.4, 0.5) is 4.39 Å². The monoisotopic (exact) mass is 382 g/mol. The fourth-order valence-electron chi connectivity index (χ4n) is 1.32. The van der Waals surface area contributed by atoms with E-state index in [0.717, 1.165) is 3.57 Å². The Balaban J connectivity index is 2.35. The highest BCUT2D eigenvalue weighted by Crippen LogP contribution is 2.22. The number of halogens is 4. The number of hydrogen-bond acceptors (Lipinski definition) is 2. The number of hydrogen-bond donors (Lipinski definition) is 0. The topological polar surface area (TPSA) is 25.8 Å². The van der Waals surface area contributed by atoms with E-state index in [9.17, 15) is 4.39 Å². The first-order chi connectivity index (χ1) is 8.08. The molecule has 0 spiro atoms. The third kappa shape index (κ3) is 3.05. The van der Waals surface area contributed by atoms with Crippen molar-refractivity contribution in [2.75, 3.05) is 0 Å². The standard InChI is InChI=1S/C11H6Cl2FIN2/c12-7-2-1-3-8(14)6(7)4-10-16-5-9(15)11(13)17-10/h1-3,5H,4H2. The normalized spacial score (nSPS) is 10.6. The SMILES string of the molecule is Fc1cccc(Cl)c1Cc1ncc(I)c(Cl)n1. The highest BCUT2D eigenvalue weighted by molar-refractivity contribution is 14.1. The maximum atomic E-state index is 13.5. The molecule has 0 bridgehead atoms. The molecule has 0 aliphatic rings. The molecule has 0 N–H and O–H groups in total. The van der Waals surface area contributed by atoms with Crippen LogP contribution in [0.25, 0.3) is 0 Å². The number of nitrogens with zero attached hydrogens (tertiary/aromatic N) is 2. The molecule has 2 nitrogen and oxygen atoms in total. The van der Waals surface area contributed by atoms with Crippen molar-refractivity contribution in [3.05, 3.63) is 55.3 Å². The van der Waals surface area contributed by atoms with Crippen molar-refractivity contribution in [1.29, 1.82) is 0 Å². The van der Waals surface area contributed by atoms with Crippen LogP contribution in [0.2, 0.25) is 10.2 Å². The molecule has 0 amide bonds. The summed E-state index contributed by atoms with van der Waals surface area (Å²) in [6.45, 7) is 0. The van der Waals surface area contributed by atoms with Crippen LogP contribution in [-0.4, -0.2) is 9.97 Å². The molecular weight excluding hydrogens is 377 g/mol. The van der Waals surface area contributed by atoms with Crippen LogP contribution in [0.3, 0.4) is 0 Å². The van der Waals surface area contributed by atoms with Crippen molar-refractivity contribution in [3.8, 4) is 0 Å². The maximum Gasteiger partial charge on any atom is 0.146 e. The predicted molar refractivity (Wildman–Crippen MR) is 74.0 cm³/mol. The molecule has 1 aromatic carbocycles. The van der Waals surface area contributed by atoms with Crippen LogP contribution in [0.15, 0.2) is 24.4 Å². The van der Waals surface area contributed by atoms with Crippen LogP contribution < -0.4 is 0 Å². The van der Waals surface area contributed by atoms with Crippen molar-refractivity contribution in [2.45, 2.75) is 6.42 Å². The van der Waals surface area contributed by atoms with Crippen LogP contribution in [-0.2, 0) is 6.42 Å². The second-order valence-electron chi connectivity index (χ2n) is 3.30. The van der Waals surface area contributed by atoms with E-state index >= 15 is 0 Å². The lowest BCUT2D eigenvalue weighted by Gasteiger charge is -2.05. The summed E-state index contributed by atoms with van der Waals surface area (Å²) < 4.78 is 14.3. The molecule has 88 valence electrons. The van der Waals surface area contributed by atoms with Gasteiger partial charge < -0.3 is 0 Å². The Bertz CT molecular complexity index is 543. The molecule has 0 aliphatic carbocycles. The van der Waals surface area contributed by atoms with Gasteiger partial charge in [0.05, 0.1) is 3.57 Å². The first kappa shape index (κ1) is 13.0. The van der Waals surface area contributed by atoms with E-state index in [4.69, 9.17) is 23.2 Å². The van der Waals surface area contributed by atoms with Crippen LogP contribution >= 0.6 is 45.8 Å².